The lowest BCUT2D eigenvalue weighted by Gasteiger charge is -2.25. The van der Waals surface area contributed by atoms with Gasteiger partial charge in [0.1, 0.15) is 0 Å². The van der Waals surface area contributed by atoms with Crippen LogP contribution in [-0.2, 0) is 0 Å². The van der Waals surface area contributed by atoms with Crippen molar-refractivity contribution in [3.8, 4) is 11.5 Å². The molecule has 0 spiro atoms. The normalized spacial score (nSPS) is 18.8. The highest BCUT2D eigenvalue weighted by Gasteiger charge is 2.31. The van der Waals surface area contributed by atoms with Crippen LogP contribution >= 0.6 is 0 Å². The summed E-state index contributed by atoms with van der Waals surface area (Å²) in [5.41, 5.74) is 1.46. The van der Waals surface area contributed by atoms with E-state index in [0.717, 1.165) is 36.3 Å². The lowest BCUT2D eigenvalue weighted by Crippen LogP contribution is -2.30. The number of nitrogens with zero attached hydrogens (tertiary/aromatic N) is 2. The van der Waals surface area contributed by atoms with Crippen LogP contribution in [0.1, 0.15) is 41.2 Å². The van der Waals surface area contributed by atoms with Crippen LogP contribution < -0.4 is 9.47 Å². The van der Waals surface area contributed by atoms with Gasteiger partial charge in [0.15, 0.2) is 11.5 Å². The van der Waals surface area contributed by atoms with Crippen molar-refractivity contribution in [2.45, 2.75) is 25.3 Å². The number of likely N-dealkylation sites (tertiary alicyclic amines) is 1. The van der Waals surface area contributed by atoms with E-state index in [1.807, 2.05) is 23.1 Å². The van der Waals surface area contributed by atoms with Gasteiger partial charge in [0.25, 0.3) is 11.6 Å². The van der Waals surface area contributed by atoms with E-state index in [2.05, 4.69) is 0 Å². The largest absolute Gasteiger partial charge is 0.490 e. The van der Waals surface area contributed by atoms with Gasteiger partial charge in [-0.25, -0.2) is 0 Å². The van der Waals surface area contributed by atoms with E-state index in [4.69, 9.17) is 9.47 Å². The zero-order valence-electron chi connectivity index (χ0n) is 14.8. The number of benzene rings is 2. The van der Waals surface area contributed by atoms with Crippen molar-refractivity contribution in [3.63, 3.8) is 0 Å². The summed E-state index contributed by atoms with van der Waals surface area (Å²) in [4.78, 5) is 25.1. The number of non-ortho nitro benzene ring substituents is 1. The number of carbonyl (C=O) groups is 1. The second-order valence-electron chi connectivity index (χ2n) is 6.72. The standard InChI is InChI=1S/C20H20N2O5/c23-20(14-4-7-16(8-5-14)22(24)25)21-10-1-3-17(21)15-6-9-18-19(13-15)27-12-2-11-26-18/h4-9,13,17H,1-3,10-12H2/t17-/m1/s1. The summed E-state index contributed by atoms with van der Waals surface area (Å²) in [6.07, 6.45) is 2.63. The molecule has 1 fully saturated rings. The maximum Gasteiger partial charge on any atom is 0.269 e. The molecule has 2 heterocycles. The van der Waals surface area contributed by atoms with Crippen LogP contribution in [0.3, 0.4) is 0 Å². The Balaban J connectivity index is 1.57. The Morgan fingerprint density at radius 3 is 2.52 bits per heavy atom. The minimum atomic E-state index is -0.468. The zero-order valence-corrected chi connectivity index (χ0v) is 14.8. The number of hydrogen-bond donors (Lipinski definition) is 0. The predicted octanol–water partition coefficient (Wildman–Crippen LogP) is 3.73. The quantitative estimate of drug-likeness (QED) is 0.609. The first-order valence-electron chi connectivity index (χ1n) is 9.08. The number of nitro groups is 1. The second-order valence-corrected chi connectivity index (χ2v) is 6.72. The highest BCUT2D eigenvalue weighted by atomic mass is 16.6. The maximum atomic E-state index is 13.0. The minimum absolute atomic E-state index is 0.0209. The van der Waals surface area contributed by atoms with Crippen molar-refractivity contribution >= 4 is 11.6 Å². The number of hydrogen-bond acceptors (Lipinski definition) is 5. The van der Waals surface area contributed by atoms with Crippen LogP contribution in [-0.4, -0.2) is 35.5 Å². The molecule has 2 aliphatic heterocycles. The molecule has 0 aromatic heterocycles. The molecule has 0 radical (unpaired) electrons. The van der Waals surface area contributed by atoms with E-state index in [-0.39, 0.29) is 17.6 Å². The molecule has 1 atom stereocenters. The van der Waals surface area contributed by atoms with Crippen LogP contribution in [0.4, 0.5) is 5.69 Å². The average molecular weight is 368 g/mol. The van der Waals surface area contributed by atoms with Gasteiger partial charge in [0.05, 0.1) is 24.2 Å². The zero-order chi connectivity index (χ0) is 18.8. The van der Waals surface area contributed by atoms with E-state index >= 15 is 0 Å². The van der Waals surface area contributed by atoms with E-state index < -0.39 is 4.92 Å². The average Bonchev–Trinajstić information content (AvgIpc) is 3.06. The van der Waals surface area contributed by atoms with Crippen molar-refractivity contribution in [1.29, 1.82) is 0 Å². The summed E-state index contributed by atoms with van der Waals surface area (Å²) in [5, 5.41) is 10.8. The van der Waals surface area contributed by atoms with Gasteiger partial charge in [0.2, 0.25) is 0 Å². The van der Waals surface area contributed by atoms with E-state index in [1.54, 1.807) is 0 Å². The number of ether oxygens (including phenoxy) is 2. The highest BCUT2D eigenvalue weighted by Crippen LogP contribution is 2.38. The first-order chi connectivity index (χ1) is 13.1. The highest BCUT2D eigenvalue weighted by molar-refractivity contribution is 5.95. The number of nitro benzene ring substituents is 1. The van der Waals surface area contributed by atoms with Gasteiger partial charge < -0.3 is 14.4 Å². The minimum Gasteiger partial charge on any atom is -0.490 e. The van der Waals surface area contributed by atoms with Gasteiger partial charge in [-0.3, -0.25) is 14.9 Å². The molecule has 0 bridgehead atoms. The SMILES string of the molecule is O=C(c1ccc([N+](=O)[O-])cc1)N1CCC[C@@H]1c1ccc2c(c1)OCCCO2. The lowest BCUT2D eigenvalue weighted by molar-refractivity contribution is -0.384. The molecule has 0 unspecified atom stereocenters. The third-order valence-corrected chi connectivity index (χ3v) is 5.00. The molecule has 0 N–H and O–H groups in total. The summed E-state index contributed by atoms with van der Waals surface area (Å²) < 4.78 is 11.5. The van der Waals surface area contributed by atoms with E-state index in [1.165, 1.54) is 24.3 Å². The fourth-order valence-corrected chi connectivity index (χ4v) is 3.64. The maximum absolute atomic E-state index is 13.0. The third-order valence-electron chi connectivity index (χ3n) is 5.00. The Morgan fingerprint density at radius 2 is 1.78 bits per heavy atom. The summed E-state index contributed by atoms with van der Waals surface area (Å²) >= 11 is 0. The molecule has 0 aliphatic carbocycles. The van der Waals surface area contributed by atoms with Crippen molar-refractivity contribution in [1.82, 2.24) is 4.90 Å². The molecule has 7 nitrogen and oxygen atoms in total. The molecule has 2 aromatic carbocycles. The fraction of sp³-hybridized carbons (Fsp3) is 0.350. The van der Waals surface area contributed by atoms with E-state index in [0.29, 0.717) is 25.3 Å². The lowest BCUT2D eigenvalue weighted by atomic mass is 10.0. The van der Waals surface area contributed by atoms with Crippen molar-refractivity contribution in [2.24, 2.45) is 0 Å². The van der Waals surface area contributed by atoms with Gasteiger partial charge in [-0.2, -0.15) is 0 Å². The summed E-state index contributed by atoms with van der Waals surface area (Å²) in [6, 6.07) is 11.6. The molecule has 1 amide bonds. The first-order valence-corrected chi connectivity index (χ1v) is 9.08. The molecular formula is C20H20N2O5. The first kappa shape index (κ1) is 17.3. The second kappa shape index (κ2) is 7.26. The molecule has 2 aliphatic rings. The van der Waals surface area contributed by atoms with Gasteiger partial charge in [-0.15, -0.1) is 0 Å². The topological polar surface area (TPSA) is 81.9 Å². The van der Waals surface area contributed by atoms with Gasteiger partial charge >= 0.3 is 0 Å². The number of fused-ring (bicyclic) bond motifs is 1. The Kier molecular flexibility index (Phi) is 4.66. The monoisotopic (exact) mass is 368 g/mol. The van der Waals surface area contributed by atoms with Crippen LogP contribution in [0, 0.1) is 10.1 Å². The van der Waals surface area contributed by atoms with Crippen molar-refractivity contribution in [3.05, 3.63) is 63.7 Å². The Hall–Kier alpha value is -3.09. The van der Waals surface area contributed by atoms with Gasteiger partial charge in [-0.05, 0) is 42.7 Å². The predicted molar refractivity (Wildman–Crippen MR) is 98.2 cm³/mol. The van der Waals surface area contributed by atoms with Crippen LogP contribution in [0.2, 0.25) is 0 Å². The number of carbonyl (C=O) groups excluding carboxylic acids is 1. The molecule has 1 saturated heterocycles. The van der Waals surface area contributed by atoms with Crippen LogP contribution in [0.25, 0.3) is 0 Å². The molecule has 140 valence electrons. The molecule has 4 rings (SSSR count). The molecular weight excluding hydrogens is 348 g/mol. The molecule has 7 heteroatoms. The molecule has 0 saturated carbocycles. The third kappa shape index (κ3) is 3.45. The fourth-order valence-electron chi connectivity index (χ4n) is 3.64. The van der Waals surface area contributed by atoms with Crippen LogP contribution in [0.5, 0.6) is 11.5 Å². The van der Waals surface area contributed by atoms with Crippen molar-refractivity contribution in [2.75, 3.05) is 19.8 Å². The summed E-state index contributed by atoms with van der Waals surface area (Å²) in [7, 11) is 0. The molecule has 27 heavy (non-hydrogen) atoms. The van der Waals surface area contributed by atoms with Crippen LogP contribution in [0.15, 0.2) is 42.5 Å². The van der Waals surface area contributed by atoms with Gasteiger partial charge in [-0.1, -0.05) is 6.07 Å². The van der Waals surface area contributed by atoms with Gasteiger partial charge in [0, 0.05) is 30.7 Å². The van der Waals surface area contributed by atoms with E-state index in [9.17, 15) is 14.9 Å². The molecule has 2 aromatic rings. The summed E-state index contributed by atoms with van der Waals surface area (Å²) in [5.74, 6) is 1.35. The Labute approximate surface area is 156 Å². The van der Waals surface area contributed by atoms with Crippen molar-refractivity contribution < 1.29 is 19.2 Å². The Morgan fingerprint density at radius 1 is 1.04 bits per heavy atom. The Bertz CT molecular complexity index is 865. The summed E-state index contributed by atoms with van der Waals surface area (Å²) in [6.45, 7) is 1.92. The number of rotatable bonds is 3. The smallest absolute Gasteiger partial charge is 0.269 e. The number of amides is 1.